The van der Waals surface area contributed by atoms with Crippen molar-refractivity contribution in [2.45, 2.75) is 0 Å². The molecule has 2 aromatic rings. The summed E-state index contributed by atoms with van der Waals surface area (Å²) in [6, 6.07) is 4.69. The number of nitrogens with zero attached hydrogens (tertiary/aromatic N) is 2. The highest BCUT2D eigenvalue weighted by Crippen LogP contribution is 2.18. The summed E-state index contributed by atoms with van der Waals surface area (Å²) >= 11 is 3.28. The number of nitrogen functional groups attached to an aromatic ring is 1. The smallest absolute Gasteiger partial charge is 0.337 e. The molecule has 5 nitrogen and oxygen atoms in total. The number of hydrogen-bond donors (Lipinski definition) is 2. The Labute approximate surface area is 99.6 Å². The van der Waals surface area contributed by atoms with Crippen molar-refractivity contribution in [3.8, 4) is 5.69 Å². The monoisotopic (exact) mass is 281 g/mol. The number of nitrogens with two attached hydrogens (primary N) is 1. The van der Waals surface area contributed by atoms with E-state index in [9.17, 15) is 4.79 Å². The van der Waals surface area contributed by atoms with E-state index in [0.717, 1.165) is 4.47 Å². The van der Waals surface area contributed by atoms with Crippen LogP contribution in [0.3, 0.4) is 0 Å². The van der Waals surface area contributed by atoms with Crippen LogP contribution in [0.2, 0.25) is 0 Å². The molecule has 0 fully saturated rings. The fourth-order valence-electron chi connectivity index (χ4n) is 1.33. The predicted octanol–water partition coefficient (Wildman–Crippen LogP) is 1.92. The average molecular weight is 282 g/mol. The zero-order chi connectivity index (χ0) is 11.7. The van der Waals surface area contributed by atoms with E-state index in [1.807, 2.05) is 0 Å². The second-order valence-corrected chi connectivity index (χ2v) is 4.10. The Balaban J connectivity index is 2.45. The average Bonchev–Trinajstić information content (AvgIpc) is 2.64. The summed E-state index contributed by atoms with van der Waals surface area (Å²) < 4.78 is 2.44. The molecule has 0 radical (unpaired) electrons. The molecule has 0 saturated carbocycles. The van der Waals surface area contributed by atoms with Crippen LogP contribution in [0.15, 0.2) is 35.1 Å². The third kappa shape index (κ3) is 1.92. The second kappa shape index (κ2) is 3.97. The molecule has 6 heteroatoms. The van der Waals surface area contributed by atoms with Gasteiger partial charge in [0.05, 0.1) is 21.9 Å². The van der Waals surface area contributed by atoms with Gasteiger partial charge in [0.25, 0.3) is 0 Å². The van der Waals surface area contributed by atoms with Crippen LogP contribution in [0.25, 0.3) is 5.69 Å². The number of rotatable bonds is 2. The Morgan fingerprint density at radius 1 is 1.50 bits per heavy atom. The van der Waals surface area contributed by atoms with Crippen LogP contribution < -0.4 is 5.73 Å². The van der Waals surface area contributed by atoms with E-state index in [0.29, 0.717) is 5.69 Å². The molecule has 1 aromatic carbocycles. The number of aromatic carboxylic acids is 1. The van der Waals surface area contributed by atoms with Crippen LogP contribution >= 0.6 is 15.9 Å². The molecular formula is C10H8BrN3O2. The number of hydrogen-bond acceptors (Lipinski definition) is 3. The molecule has 0 spiro atoms. The predicted molar refractivity (Wildman–Crippen MR) is 62.6 cm³/mol. The van der Waals surface area contributed by atoms with Gasteiger partial charge in [0.15, 0.2) is 0 Å². The number of anilines is 1. The summed E-state index contributed by atoms with van der Waals surface area (Å²) in [6.07, 6.45) is 3.40. The number of aromatic nitrogens is 2. The third-order valence-corrected chi connectivity index (χ3v) is 2.49. The van der Waals surface area contributed by atoms with Crippen molar-refractivity contribution in [1.29, 1.82) is 0 Å². The van der Waals surface area contributed by atoms with Gasteiger partial charge in [-0.05, 0) is 34.1 Å². The maximum absolute atomic E-state index is 10.8. The summed E-state index contributed by atoms with van der Waals surface area (Å²) in [6.45, 7) is 0. The number of benzene rings is 1. The summed E-state index contributed by atoms with van der Waals surface area (Å²) in [5.41, 5.74) is 6.66. The van der Waals surface area contributed by atoms with Gasteiger partial charge in [-0.3, -0.25) is 0 Å². The SMILES string of the molecule is Nc1cc(-n2cc(Br)cn2)ccc1C(=O)O. The highest BCUT2D eigenvalue weighted by atomic mass is 79.9. The molecule has 82 valence electrons. The van der Waals surface area contributed by atoms with Crippen molar-refractivity contribution < 1.29 is 9.90 Å². The van der Waals surface area contributed by atoms with E-state index in [4.69, 9.17) is 10.8 Å². The normalized spacial score (nSPS) is 10.3. The molecule has 16 heavy (non-hydrogen) atoms. The molecule has 1 aromatic heterocycles. The lowest BCUT2D eigenvalue weighted by Crippen LogP contribution is -2.04. The molecular weight excluding hydrogens is 274 g/mol. The highest BCUT2D eigenvalue weighted by Gasteiger charge is 2.09. The zero-order valence-electron chi connectivity index (χ0n) is 8.09. The van der Waals surface area contributed by atoms with Gasteiger partial charge >= 0.3 is 5.97 Å². The molecule has 0 aliphatic heterocycles. The van der Waals surface area contributed by atoms with Crippen molar-refractivity contribution in [2.24, 2.45) is 0 Å². The van der Waals surface area contributed by atoms with Crippen LogP contribution in [0.5, 0.6) is 0 Å². The van der Waals surface area contributed by atoms with Crippen LogP contribution in [0.4, 0.5) is 5.69 Å². The van der Waals surface area contributed by atoms with Crippen LogP contribution in [-0.2, 0) is 0 Å². The highest BCUT2D eigenvalue weighted by molar-refractivity contribution is 9.10. The van der Waals surface area contributed by atoms with E-state index in [1.54, 1.807) is 29.2 Å². The molecule has 0 amide bonds. The summed E-state index contributed by atoms with van der Waals surface area (Å²) in [4.78, 5) is 10.8. The largest absolute Gasteiger partial charge is 0.478 e. The van der Waals surface area contributed by atoms with Gasteiger partial charge in [0.1, 0.15) is 0 Å². The van der Waals surface area contributed by atoms with Gasteiger partial charge in [-0.15, -0.1) is 0 Å². The molecule has 0 saturated heterocycles. The first kappa shape index (κ1) is 10.7. The van der Waals surface area contributed by atoms with Gasteiger partial charge in [-0.2, -0.15) is 5.10 Å². The Bertz CT molecular complexity index is 551. The minimum absolute atomic E-state index is 0.0926. The van der Waals surface area contributed by atoms with Crippen molar-refractivity contribution >= 4 is 27.6 Å². The number of halogens is 1. The maximum Gasteiger partial charge on any atom is 0.337 e. The van der Waals surface area contributed by atoms with Gasteiger partial charge in [-0.25, -0.2) is 9.48 Å². The molecule has 0 unspecified atom stereocenters. The molecule has 0 bridgehead atoms. The van der Waals surface area contributed by atoms with Crippen molar-refractivity contribution in [1.82, 2.24) is 9.78 Å². The van der Waals surface area contributed by atoms with E-state index in [1.165, 1.54) is 6.07 Å². The van der Waals surface area contributed by atoms with Gasteiger partial charge in [-0.1, -0.05) is 0 Å². The fourth-order valence-corrected chi connectivity index (χ4v) is 1.61. The van der Waals surface area contributed by atoms with Gasteiger partial charge in [0, 0.05) is 11.9 Å². The molecule has 3 N–H and O–H groups in total. The summed E-state index contributed by atoms with van der Waals surface area (Å²) in [5.74, 6) is -1.04. The Kier molecular flexibility index (Phi) is 2.66. The Morgan fingerprint density at radius 3 is 2.75 bits per heavy atom. The minimum atomic E-state index is -1.04. The van der Waals surface area contributed by atoms with E-state index in [2.05, 4.69) is 21.0 Å². The summed E-state index contributed by atoms with van der Waals surface area (Å²) in [7, 11) is 0. The second-order valence-electron chi connectivity index (χ2n) is 3.18. The van der Waals surface area contributed by atoms with Crippen molar-refractivity contribution in [3.63, 3.8) is 0 Å². The summed E-state index contributed by atoms with van der Waals surface area (Å²) in [5, 5.41) is 12.9. The van der Waals surface area contributed by atoms with E-state index in [-0.39, 0.29) is 11.3 Å². The Morgan fingerprint density at radius 2 is 2.25 bits per heavy atom. The first-order valence-electron chi connectivity index (χ1n) is 4.41. The molecule has 0 aliphatic carbocycles. The fraction of sp³-hybridized carbons (Fsp3) is 0. The number of carboxylic acid groups (broad SMARTS) is 1. The third-order valence-electron chi connectivity index (χ3n) is 2.08. The minimum Gasteiger partial charge on any atom is -0.478 e. The van der Waals surface area contributed by atoms with Crippen molar-refractivity contribution in [2.75, 3.05) is 5.73 Å². The molecule has 0 atom stereocenters. The van der Waals surface area contributed by atoms with Crippen molar-refractivity contribution in [3.05, 3.63) is 40.6 Å². The van der Waals surface area contributed by atoms with Crippen LogP contribution in [0.1, 0.15) is 10.4 Å². The molecule has 1 heterocycles. The van der Waals surface area contributed by atoms with Gasteiger partial charge in [0.2, 0.25) is 0 Å². The Hall–Kier alpha value is -1.82. The maximum atomic E-state index is 10.8. The number of carboxylic acids is 1. The first-order chi connectivity index (χ1) is 7.58. The van der Waals surface area contributed by atoms with E-state index < -0.39 is 5.97 Å². The first-order valence-corrected chi connectivity index (χ1v) is 5.20. The number of carbonyl (C=O) groups is 1. The standard InChI is InChI=1S/C10H8BrN3O2/c11-6-4-13-14(5-6)7-1-2-8(10(15)16)9(12)3-7/h1-5H,12H2,(H,15,16). The molecule has 0 aliphatic rings. The zero-order valence-corrected chi connectivity index (χ0v) is 9.68. The quantitative estimate of drug-likeness (QED) is 0.824. The van der Waals surface area contributed by atoms with Gasteiger partial charge < -0.3 is 10.8 Å². The topological polar surface area (TPSA) is 81.1 Å². The molecule has 2 rings (SSSR count). The van der Waals surface area contributed by atoms with Crippen LogP contribution in [-0.4, -0.2) is 20.9 Å². The van der Waals surface area contributed by atoms with E-state index >= 15 is 0 Å². The lowest BCUT2D eigenvalue weighted by Gasteiger charge is -2.04. The lowest BCUT2D eigenvalue weighted by atomic mass is 10.1. The lowest BCUT2D eigenvalue weighted by molar-refractivity contribution is 0.0698. The van der Waals surface area contributed by atoms with Crippen LogP contribution in [0, 0.1) is 0 Å².